The van der Waals surface area contributed by atoms with E-state index in [4.69, 9.17) is 9.47 Å². The largest absolute Gasteiger partial charge is 0.490 e. The molecule has 1 aliphatic heterocycles. The Bertz CT molecular complexity index is 590. The van der Waals surface area contributed by atoms with E-state index in [1.165, 1.54) is 31.5 Å². The summed E-state index contributed by atoms with van der Waals surface area (Å²) in [6, 6.07) is 6.17. The molecule has 0 bridgehead atoms. The minimum absolute atomic E-state index is 0. The van der Waals surface area contributed by atoms with Crippen LogP contribution in [-0.4, -0.2) is 64.3 Å². The van der Waals surface area contributed by atoms with Gasteiger partial charge >= 0.3 is 0 Å². The smallest absolute Gasteiger partial charge is 0.190 e. The molecular weight excluding hydrogens is 467 g/mol. The molecule has 0 unspecified atom stereocenters. The van der Waals surface area contributed by atoms with Crippen molar-refractivity contribution in [2.24, 2.45) is 10.9 Å². The number of halogens is 1. The summed E-state index contributed by atoms with van der Waals surface area (Å²) in [6.45, 7) is 9.45. The third-order valence-corrected chi connectivity index (χ3v) is 4.93. The van der Waals surface area contributed by atoms with Crippen molar-refractivity contribution < 1.29 is 9.47 Å². The Hall–Kier alpha value is -1.22. The highest BCUT2D eigenvalue weighted by Crippen LogP contribution is 2.28. The third kappa shape index (κ3) is 8.43. The fourth-order valence-electron chi connectivity index (χ4n) is 3.30. The Labute approximate surface area is 187 Å². The summed E-state index contributed by atoms with van der Waals surface area (Å²) in [7, 11) is 4.02. The monoisotopic (exact) mass is 504 g/mol. The number of hydrogen-bond acceptors (Lipinski definition) is 4. The van der Waals surface area contributed by atoms with Crippen LogP contribution in [0, 0.1) is 5.92 Å². The van der Waals surface area contributed by atoms with Gasteiger partial charge in [-0.1, -0.05) is 6.07 Å². The molecule has 160 valence electrons. The fraction of sp³-hybridized carbons (Fsp3) is 0.667. The van der Waals surface area contributed by atoms with Crippen LogP contribution in [0.25, 0.3) is 0 Å². The number of guanidine groups is 1. The predicted octanol–water partition coefficient (Wildman–Crippen LogP) is 3.15. The number of nitrogens with one attached hydrogen (secondary N) is 2. The molecule has 1 saturated heterocycles. The molecule has 0 radical (unpaired) electrons. The summed E-state index contributed by atoms with van der Waals surface area (Å²) in [4.78, 5) is 6.74. The van der Waals surface area contributed by atoms with Gasteiger partial charge in [-0.15, -0.1) is 24.0 Å². The van der Waals surface area contributed by atoms with E-state index in [9.17, 15) is 0 Å². The van der Waals surface area contributed by atoms with E-state index in [1.807, 2.05) is 27.0 Å². The van der Waals surface area contributed by atoms with E-state index in [0.29, 0.717) is 13.2 Å². The van der Waals surface area contributed by atoms with Crippen LogP contribution in [0.15, 0.2) is 23.2 Å². The van der Waals surface area contributed by atoms with Gasteiger partial charge in [0.25, 0.3) is 0 Å². The summed E-state index contributed by atoms with van der Waals surface area (Å²) >= 11 is 0. The summed E-state index contributed by atoms with van der Waals surface area (Å²) in [5.41, 5.74) is 1.22. The van der Waals surface area contributed by atoms with Crippen molar-refractivity contribution in [1.29, 1.82) is 0 Å². The van der Waals surface area contributed by atoms with E-state index in [-0.39, 0.29) is 24.0 Å². The molecule has 2 N–H and O–H groups in total. The zero-order valence-corrected chi connectivity index (χ0v) is 20.1. The Morgan fingerprint density at radius 1 is 1.11 bits per heavy atom. The van der Waals surface area contributed by atoms with E-state index in [0.717, 1.165) is 42.9 Å². The standard InChI is InChI=1S/C21H36N4O2.HI/c1-5-26-19-8-7-17(15-20(19)27-6-2)9-12-23-21(22-3)24-16-18-10-13-25(4)14-11-18;/h7-8,15,18H,5-6,9-14,16H2,1-4H3,(H2,22,23,24);1H. The van der Waals surface area contributed by atoms with Crippen molar-refractivity contribution in [3.05, 3.63) is 23.8 Å². The number of rotatable bonds is 9. The average Bonchev–Trinajstić information content (AvgIpc) is 2.68. The molecule has 0 aromatic heterocycles. The Balaban J connectivity index is 0.00000392. The van der Waals surface area contributed by atoms with Crippen molar-refractivity contribution in [3.8, 4) is 11.5 Å². The number of likely N-dealkylation sites (tertiary alicyclic amines) is 1. The SMILES string of the molecule is CCOc1ccc(CCNC(=NC)NCC2CCN(C)CC2)cc1OCC.I. The molecule has 0 aliphatic carbocycles. The third-order valence-electron chi connectivity index (χ3n) is 4.93. The highest BCUT2D eigenvalue weighted by Gasteiger charge is 2.16. The van der Waals surface area contributed by atoms with Crippen LogP contribution in [0.5, 0.6) is 11.5 Å². The first kappa shape index (κ1) is 24.8. The highest BCUT2D eigenvalue weighted by molar-refractivity contribution is 14.0. The zero-order valence-electron chi connectivity index (χ0n) is 17.8. The molecule has 1 aromatic carbocycles. The first-order valence-electron chi connectivity index (χ1n) is 10.2. The van der Waals surface area contributed by atoms with Gasteiger partial charge in [-0.25, -0.2) is 0 Å². The maximum atomic E-state index is 5.71. The maximum Gasteiger partial charge on any atom is 0.190 e. The number of nitrogens with zero attached hydrogens (tertiary/aromatic N) is 2. The van der Waals surface area contributed by atoms with Gasteiger partial charge in [-0.2, -0.15) is 0 Å². The number of benzene rings is 1. The van der Waals surface area contributed by atoms with Crippen LogP contribution < -0.4 is 20.1 Å². The molecule has 0 saturated carbocycles. The second kappa shape index (κ2) is 13.9. The number of hydrogen-bond donors (Lipinski definition) is 2. The average molecular weight is 504 g/mol. The topological polar surface area (TPSA) is 58.1 Å². The van der Waals surface area contributed by atoms with Crippen molar-refractivity contribution in [2.45, 2.75) is 33.1 Å². The van der Waals surface area contributed by atoms with E-state index in [1.54, 1.807) is 0 Å². The molecule has 1 fully saturated rings. The molecule has 0 spiro atoms. The minimum Gasteiger partial charge on any atom is -0.490 e. The van der Waals surface area contributed by atoms with Gasteiger partial charge in [-0.05, 0) is 76.9 Å². The predicted molar refractivity (Wildman–Crippen MR) is 127 cm³/mol. The lowest BCUT2D eigenvalue weighted by Crippen LogP contribution is -2.42. The lowest BCUT2D eigenvalue weighted by molar-refractivity contribution is 0.220. The van der Waals surface area contributed by atoms with Gasteiger partial charge in [0.1, 0.15) is 0 Å². The molecule has 6 nitrogen and oxygen atoms in total. The molecule has 0 atom stereocenters. The molecule has 28 heavy (non-hydrogen) atoms. The van der Waals surface area contributed by atoms with E-state index in [2.05, 4.69) is 39.7 Å². The van der Waals surface area contributed by atoms with Gasteiger partial charge in [0.2, 0.25) is 0 Å². The quantitative estimate of drug-likeness (QED) is 0.308. The van der Waals surface area contributed by atoms with Gasteiger partial charge in [0.15, 0.2) is 17.5 Å². The normalized spacial score (nSPS) is 15.6. The van der Waals surface area contributed by atoms with Crippen LogP contribution in [-0.2, 0) is 6.42 Å². The number of aliphatic imine (C=N–C) groups is 1. The molecule has 7 heteroatoms. The first-order chi connectivity index (χ1) is 13.2. The summed E-state index contributed by atoms with van der Waals surface area (Å²) in [6.07, 6.45) is 3.42. The minimum atomic E-state index is 0. The second-order valence-electron chi connectivity index (χ2n) is 7.02. The van der Waals surface area contributed by atoms with Crippen molar-refractivity contribution in [3.63, 3.8) is 0 Å². The molecule has 0 amide bonds. The Morgan fingerprint density at radius 2 is 1.79 bits per heavy atom. The van der Waals surface area contributed by atoms with Gasteiger partial charge in [0.05, 0.1) is 13.2 Å². The van der Waals surface area contributed by atoms with E-state index >= 15 is 0 Å². The van der Waals surface area contributed by atoms with Crippen LogP contribution >= 0.6 is 24.0 Å². The molecule has 1 aliphatic rings. The molecule has 1 aromatic rings. The van der Waals surface area contributed by atoms with Crippen LogP contribution in [0.4, 0.5) is 0 Å². The van der Waals surface area contributed by atoms with Gasteiger partial charge in [-0.3, -0.25) is 4.99 Å². The number of ether oxygens (including phenoxy) is 2. The van der Waals surface area contributed by atoms with Gasteiger partial charge < -0.3 is 25.0 Å². The van der Waals surface area contributed by atoms with Crippen LogP contribution in [0.3, 0.4) is 0 Å². The molecule has 1 heterocycles. The van der Waals surface area contributed by atoms with Crippen molar-refractivity contribution in [1.82, 2.24) is 15.5 Å². The maximum absolute atomic E-state index is 5.71. The second-order valence-corrected chi connectivity index (χ2v) is 7.02. The lowest BCUT2D eigenvalue weighted by atomic mass is 9.97. The van der Waals surface area contributed by atoms with Crippen LogP contribution in [0.1, 0.15) is 32.3 Å². The first-order valence-corrected chi connectivity index (χ1v) is 10.2. The van der Waals surface area contributed by atoms with Gasteiger partial charge in [0, 0.05) is 20.1 Å². The molecule has 2 rings (SSSR count). The summed E-state index contributed by atoms with van der Waals surface area (Å²) in [5, 5.41) is 6.89. The van der Waals surface area contributed by atoms with Crippen LogP contribution in [0.2, 0.25) is 0 Å². The fourth-order valence-corrected chi connectivity index (χ4v) is 3.30. The van der Waals surface area contributed by atoms with Crippen molar-refractivity contribution in [2.75, 3.05) is 53.5 Å². The summed E-state index contributed by atoms with van der Waals surface area (Å²) in [5.74, 6) is 3.25. The highest BCUT2D eigenvalue weighted by atomic mass is 127. The lowest BCUT2D eigenvalue weighted by Gasteiger charge is -2.29. The van der Waals surface area contributed by atoms with E-state index < -0.39 is 0 Å². The zero-order chi connectivity index (χ0) is 19.5. The Morgan fingerprint density at radius 3 is 2.43 bits per heavy atom. The Kier molecular flexibility index (Phi) is 12.3. The summed E-state index contributed by atoms with van der Waals surface area (Å²) < 4.78 is 11.3. The molecular formula is C21H37IN4O2. The van der Waals surface area contributed by atoms with Crippen molar-refractivity contribution >= 4 is 29.9 Å². The number of piperidine rings is 1.